The summed E-state index contributed by atoms with van der Waals surface area (Å²) in [5.74, 6) is 0. The third-order valence-electron chi connectivity index (χ3n) is 4.11. The second-order valence-corrected chi connectivity index (χ2v) is 6.01. The van der Waals surface area contributed by atoms with Gasteiger partial charge in [-0.3, -0.25) is 4.68 Å². The zero-order chi connectivity index (χ0) is 13.8. The molecule has 1 atom stereocenters. The number of hydrogen-bond donors (Lipinski definition) is 1. The fraction of sp³-hybridized carbons (Fsp3) is 0.643. The molecule has 1 aliphatic carbocycles. The fourth-order valence-electron chi connectivity index (χ4n) is 2.92. The maximum absolute atomic E-state index is 4.76. The minimum Gasteiger partial charge on any atom is -0.311 e. The van der Waals surface area contributed by atoms with Crippen molar-refractivity contribution < 1.29 is 0 Å². The first-order chi connectivity index (χ1) is 9.86. The van der Waals surface area contributed by atoms with Gasteiger partial charge in [0.15, 0.2) is 0 Å². The molecule has 0 radical (unpaired) electrons. The van der Waals surface area contributed by atoms with Gasteiger partial charge < -0.3 is 5.32 Å². The van der Waals surface area contributed by atoms with Gasteiger partial charge in [0.25, 0.3) is 0 Å². The second kappa shape index (κ2) is 6.45. The molecule has 2 aromatic rings. The van der Waals surface area contributed by atoms with E-state index in [0.717, 1.165) is 17.8 Å². The normalized spacial score (nSPS) is 18.2. The van der Waals surface area contributed by atoms with Gasteiger partial charge in [-0.2, -0.15) is 13.8 Å². The van der Waals surface area contributed by atoms with Crippen LogP contribution in [0.25, 0.3) is 0 Å². The Kier molecular flexibility index (Phi) is 4.42. The Labute approximate surface area is 123 Å². The van der Waals surface area contributed by atoms with Crippen LogP contribution in [0.1, 0.15) is 55.6 Å². The van der Waals surface area contributed by atoms with Crippen molar-refractivity contribution in [3.05, 3.63) is 29.8 Å². The molecule has 1 N–H and O–H groups in total. The lowest BCUT2D eigenvalue weighted by Gasteiger charge is -2.21. The van der Waals surface area contributed by atoms with Crippen molar-refractivity contribution in [3.8, 4) is 0 Å². The second-order valence-electron chi connectivity index (χ2n) is 5.46. The molecular weight excluding hydrogens is 270 g/mol. The molecule has 20 heavy (non-hydrogen) atoms. The van der Waals surface area contributed by atoms with Crippen LogP contribution in [0.3, 0.4) is 0 Å². The number of likely N-dealkylation sites (N-methyl/N-ethyl adjacent to an activating group) is 1. The van der Waals surface area contributed by atoms with Crippen LogP contribution in [0.5, 0.6) is 0 Å². The maximum atomic E-state index is 4.76. The molecule has 2 heterocycles. The Balaban J connectivity index is 1.67. The lowest BCUT2D eigenvalue weighted by Crippen LogP contribution is -2.20. The zero-order valence-corrected chi connectivity index (χ0v) is 12.6. The molecule has 1 unspecified atom stereocenters. The van der Waals surface area contributed by atoms with Gasteiger partial charge in [0.2, 0.25) is 0 Å². The van der Waals surface area contributed by atoms with E-state index in [2.05, 4.69) is 31.0 Å². The Bertz CT molecular complexity index is 515. The highest BCUT2D eigenvalue weighted by Crippen LogP contribution is 2.27. The summed E-state index contributed by atoms with van der Waals surface area (Å²) in [5.41, 5.74) is 2.13. The highest BCUT2D eigenvalue weighted by Gasteiger charge is 2.18. The van der Waals surface area contributed by atoms with Crippen LogP contribution >= 0.6 is 11.7 Å². The van der Waals surface area contributed by atoms with Crippen molar-refractivity contribution in [2.24, 2.45) is 0 Å². The molecule has 0 aliphatic heterocycles. The van der Waals surface area contributed by atoms with Gasteiger partial charge in [0, 0.05) is 12.6 Å². The highest BCUT2D eigenvalue weighted by atomic mass is 32.1. The minimum absolute atomic E-state index is 0.198. The molecule has 6 heteroatoms. The van der Waals surface area contributed by atoms with Gasteiger partial charge in [-0.1, -0.05) is 19.3 Å². The van der Waals surface area contributed by atoms with E-state index in [1.54, 1.807) is 0 Å². The Morgan fingerprint density at radius 2 is 2.25 bits per heavy atom. The largest absolute Gasteiger partial charge is 0.311 e. The summed E-state index contributed by atoms with van der Waals surface area (Å²) in [5, 5.41) is 8.06. The summed E-state index contributed by atoms with van der Waals surface area (Å²) in [6.45, 7) is 0. The molecule has 5 nitrogen and oxygen atoms in total. The van der Waals surface area contributed by atoms with Crippen LogP contribution in [0.4, 0.5) is 0 Å². The van der Waals surface area contributed by atoms with Gasteiger partial charge in [-0.25, -0.2) is 0 Å². The third-order valence-corrected chi connectivity index (χ3v) is 4.60. The molecule has 0 bridgehead atoms. The average Bonchev–Trinajstić information content (AvgIpc) is 3.17. The molecule has 1 aliphatic rings. The number of hydrogen-bond acceptors (Lipinski definition) is 5. The van der Waals surface area contributed by atoms with Crippen molar-refractivity contribution in [2.75, 3.05) is 7.05 Å². The molecule has 1 fully saturated rings. The lowest BCUT2D eigenvalue weighted by atomic mass is 9.96. The van der Waals surface area contributed by atoms with Crippen molar-refractivity contribution in [1.82, 2.24) is 23.8 Å². The summed E-state index contributed by atoms with van der Waals surface area (Å²) in [7, 11) is 1.96. The van der Waals surface area contributed by atoms with Gasteiger partial charge in [0.05, 0.1) is 41.4 Å². The van der Waals surface area contributed by atoms with Crippen LogP contribution in [-0.4, -0.2) is 25.6 Å². The first-order valence-electron chi connectivity index (χ1n) is 7.35. The van der Waals surface area contributed by atoms with Crippen LogP contribution < -0.4 is 5.32 Å². The first kappa shape index (κ1) is 13.7. The Morgan fingerprint density at radius 3 is 2.95 bits per heavy atom. The summed E-state index contributed by atoms with van der Waals surface area (Å²) in [6.07, 6.45) is 11.4. The van der Waals surface area contributed by atoms with Crippen molar-refractivity contribution >= 4 is 11.7 Å². The smallest absolute Gasteiger partial charge is 0.0916 e. The van der Waals surface area contributed by atoms with Crippen LogP contribution in [-0.2, 0) is 6.42 Å². The first-order valence-corrected chi connectivity index (χ1v) is 8.08. The standard InChI is InChI=1S/C14H21N5S/c1-15-13(14-10-16-20-18-14)9-11-7-8-19(17-11)12-5-3-2-4-6-12/h7-8,10,12-13,15H,2-6,9H2,1H3. The van der Waals surface area contributed by atoms with Crippen LogP contribution in [0.15, 0.2) is 18.5 Å². The average molecular weight is 291 g/mol. The molecule has 0 aromatic carbocycles. The van der Waals surface area contributed by atoms with E-state index in [0.29, 0.717) is 6.04 Å². The van der Waals surface area contributed by atoms with Gasteiger partial charge >= 0.3 is 0 Å². The van der Waals surface area contributed by atoms with E-state index in [-0.39, 0.29) is 6.04 Å². The molecular formula is C14H21N5S. The number of aromatic nitrogens is 4. The minimum atomic E-state index is 0.198. The summed E-state index contributed by atoms with van der Waals surface area (Å²) < 4.78 is 10.6. The van der Waals surface area contributed by atoms with E-state index in [4.69, 9.17) is 5.10 Å². The predicted octanol–water partition coefficient (Wildman–Crippen LogP) is 2.74. The van der Waals surface area contributed by atoms with Gasteiger partial charge in [-0.15, -0.1) is 0 Å². The summed E-state index contributed by atoms with van der Waals surface area (Å²) in [4.78, 5) is 0. The summed E-state index contributed by atoms with van der Waals surface area (Å²) >= 11 is 1.26. The zero-order valence-electron chi connectivity index (χ0n) is 11.8. The number of nitrogens with zero attached hydrogens (tertiary/aromatic N) is 4. The Morgan fingerprint density at radius 1 is 1.40 bits per heavy atom. The van der Waals surface area contributed by atoms with Crippen LogP contribution in [0, 0.1) is 0 Å². The fourth-order valence-corrected chi connectivity index (χ4v) is 3.40. The predicted molar refractivity (Wildman–Crippen MR) is 79.8 cm³/mol. The molecule has 0 saturated heterocycles. The SMILES string of the molecule is CNC(Cc1ccn(C2CCCCC2)n1)c1cnsn1. The number of nitrogens with one attached hydrogen (secondary N) is 1. The molecule has 1 saturated carbocycles. The van der Waals surface area contributed by atoms with Crippen molar-refractivity contribution in [3.63, 3.8) is 0 Å². The Hall–Kier alpha value is -1.27. The quantitative estimate of drug-likeness (QED) is 0.920. The van der Waals surface area contributed by atoms with E-state index in [1.807, 2.05) is 13.2 Å². The monoisotopic (exact) mass is 291 g/mol. The van der Waals surface area contributed by atoms with Crippen molar-refractivity contribution in [1.29, 1.82) is 0 Å². The topological polar surface area (TPSA) is 55.6 Å². The lowest BCUT2D eigenvalue weighted by molar-refractivity contribution is 0.327. The van der Waals surface area contributed by atoms with E-state index >= 15 is 0 Å². The maximum Gasteiger partial charge on any atom is 0.0916 e. The third kappa shape index (κ3) is 3.07. The molecule has 0 spiro atoms. The van der Waals surface area contributed by atoms with E-state index in [1.165, 1.54) is 43.8 Å². The van der Waals surface area contributed by atoms with Gasteiger partial charge in [-0.05, 0) is 26.0 Å². The summed E-state index contributed by atoms with van der Waals surface area (Å²) in [6, 6.07) is 2.94. The number of rotatable bonds is 5. The van der Waals surface area contributed by atoms with E-state index < -0.39 is 0 Å². The van der Waals surface area contributed by atoms with Crippen LogP contribution in [0.2, 0.25) is 0 Å². The highest BCUT2D eigenvalue weighted by molar-refractivity contribution is 6.99. The van der Waals surface area contributed by atoms with Crippen molar-refractivity contribution in [2.45, 2.75) is 50.6 Å². The molecule has 3 rings (SSSR count). The van der Waals surface area contributed by atoms with E-state index in [9.17, 15) is 0 Å². The molecule has 0 amide bonds. The molecule has 2 aromatic heterocycles. The molecule has 108 valence electrons. The van der Waals surface area contributed by atoms with Gasteiger partial charge in [0.1, 0.15) is 0 Å².